The molecule has 0 aromatic heterocycles. The molecule has 6 atom stereocenters. The average molecular weight is 310 g/mol. The third-order valence-electron chi connectivity index (χ3n) is 2.60. The molecule has 0 amide bonds. The number of rotatable bonds is 2. The Morgan fingerprint density at radius 1 is 1.18 bits per heavy atom. The molecule has 2 heterocycles. The molecule has 0 spiro atoms. The van der Waals surface area contributed by atoms with Crippen molar-refractivity contribution in [1.29, 1.82) is 0 Å². The summed E-state index contributed by atoms with van der Waals surface area (Å²) in [5, 5.41) is 28.0. The lowest BCUT2D eigenvalue weighted by atomic mass is 10.1. The summed E-state index contributed by atoms with van der Waals surface area (Å²) in [6.45, 7) is -0.547. The Morgan fingerprint density at radius 2 is 1.82 bits per heavy atom. The molecule has 0 saturated carbocycles. The van der Waals surface area contributed by atoms with Crippen LogP contribution in [0.15, 0.2) is 0 Å². The van der Waals surface area contributed by atoms with E-state index in [1.165, 1.54) is 0 Å². The second kappa shape index (κ2) is 4.96. The van der Waals surface area contributed by atoms with E-state index < -0.39 is 47.4 Å². The third kappa shape index (κ3) is 2.65. The largest absolute Gasteiger partial charge is 0.394 e. The molecule has 6 nitrogen and oxygen atoms in total. The Bertz CT molecular complexity index is 285. The lowest BCUT2D eigenvalue weighted by Crippen LogP contribution is -2.42. The second-order valence-corrected chi connectivity index (χ2v) is 6.19. The summed E-state index contributed by atoms with van der Waals surface area (Å²) in [5.41, 5.74) is 0. The van der Waals surface area contributed by atoms with Gasteiger partial charge in [-0.05, 0) is 0 Å². The quantitative estimate of drug-likeness (QED) is 0.598. The van der Waals surface area contributed by atoms with Gasteiger partial charge in [-0.25, -0.2) is 0 Å². The van der Waals surface area contributed by atoms with E-state index in [0.29, 0.717) is 0 Å². The first kappa shape index (κ1) is 14.0. The molecule has 2 rings (SSSR count). The van der Waals surface area contributed by atoms with Gasteiger partial charge in [-0.2, -0.15) is 0 Å². The first-order valence-electron chi connectivity index (χ1n) is 4.84. The zero-order valence-corrected chi connectivity index (χ0v) is 10.6. The van der Waals surface area contributed by atoms with E-state index >= 15 is 0 Å². The summed E-state index contributed by atoms with van der Waals surface area (Å²) in [7, 11) is 0. The molecule has 3 N–H and O–H groups in total. The van der Waals surface area contributed by atoms with Crippen LogP contribution in [0.25, 0.3) is 0 Å². The second-order valence-electron chi connectivity index (χ2n) is 3.82. The fourth-order valence-corrected chi connectivity index (χ4v) is 2.10. The number of ether oxygens (including phenoxy) is 3. The van der Waals surface area contributed by atoms with E-state index in [2.05, 4.69) is 0 Å². The van der Waals surface area contributed by atoms with E-state index in [4.69, 9.17) is 54.1 Å². The van der Waals surface area contributed by atoms with Crippen molar-refractivity contribution >= 4 is 34.8 Å². The van der Waals surface area contributed by atoms with Crippen LogP contribution in [0.3, 0.4) is 0 Å². The highest BCUT2D eigenvalue weighted by molar-refractivity contribution is 6.67. The van der Waals surface area contributed by atoms with Gasteiger partial charge >= 0.3 is 0 Å². The van der Waals surface area contributed by atoms with E-state index in [1.54, 1.807) is 0 Å². The Morgan fingerprint density at radius 3 is 2.29 bits per heavy atom. The van der Waals surface area contributed by atoms with Crippen LogP contribution < -0.4 is 0 Å². The van der Waals surface area contributed by atoms with Gasteiger partial charge in [0.2, 0.25) is 10.1 Å². The highest BCUT2D eigenvalue weighted by atomic mass is 35.6. The summed E-state index contributed by atoms with van der Waals surface area (Å²) < 4.78 is 13.8. The highest BCUT2D eigenvalue weighted by Gasteiger charge is 2.57. The SMILES string of the molecule is OC[C@@H](O)[C@@H]1O[C@@H]2O[C@H](C(Cl)(Cl)Cl)O[C@@H]2[C@H]1O. The van der Waals surface area contributed by atoms with Crippen molar-refractivity contribution in [3.8, 4) is 0 Å². The van der Waals surface area contributed by atoms with Gasteiger partial charge in [-0.3, -0.25) is 0 Å². The van der Waals surface area contributed by atoms with Gasteiger partial charge < -0.3 is 29.5 Å². The van der Waals surface area contributed by atoms with Crippen molar-refractivity contribution in [3.05, 3.63) is 0 Å². The van der Waals surface area contributed by atoms with Gasteiger partial charge in [0.15, 0.2) is 6.29 Å². The Balaban J connectivity index is 2.01. The molecule has 0 aromatic rings. The van der Waals surface area contributed by atoms with Crippen LogP contribution in [0.4, 0.5) is 0 Å². The summed E-state index contributed by atoms with van der Waals surface area (Å²) in [6.07, 6.45) is -6.33. The van der Waals surface area contributed by atoms with E-state index in [9.17, 15) is 10.2 Å². The predicted octanol–water partition coefficient (Wildman–Crippen LogP) is -0.463. The maximum Gasteiger partial charge on any atom is 0.241 e. The minimum Gasteiger partial charge on any atom is -0.394 e. The molecule has 0 radical (unpaired) electrons. The van der Waals surface area contributed by atoms with Crippen molar-refractivity contribution in [1.82, 2.24) is 0 Å². The first-order valence-corrected chi connectivity index (χ1v) is 5.98. The van der Waals surface area contributed by atoms with Gasteiger partial charge in [-0.15, -0.1) is 0 Å². The molecule has 2 fully saturated rings. The number of alkyl halides is 3. The number of hydrogen-bond donors (Lipinski definition) is 3. The molecule has 2 aliphatic heterocycles. The number of hydrogen-bond acceptors (Lipinski definition) is 6. The van der Waals surface area contributed by atoms with Gasteiger partial charge in [0.1, 0.15) is 24.4 Å². The molecule has 0 bridgehead atoms. The maximum atomic E-state index is 9.81. The molecule has 17 heavy (non-hydrogen) atoms. The van der Waals surface area contributed by atoms with E-state index in [1.807, 2.05) is 0 Å². The molecule has 0 aliphatic carbocycles. The Hall–Kier alpha value is 0.630. The number of aliphatic hydroxyl groups excluding tert-OH is 3. The van der Waals surface area contributed by atoms with E-state index in [-0.39, 0.29) is 0 Å². The maximum absolute atomic E-state index is 9.81. The number of fused-ring (bicyclic) bond motifs is 1. The molecule has 2 aliphatic rings. The van der Waals surface area contributed by atoms with Crippen molar-refractivity contribution in [2.24, 2.45) is 0 Å². The van der Waals surface area contributed by atoms with Crippen LogP contribution in [-0.2, 0) is 14.2 Å². The molecule has 9 heteroatoms. The lowest BCUT2D eigenvalue weighted by Gasteiger charge is -2.24. The van der Waals surface area contributed by atoms with Gasteiger partial charge in [-0.1, -0.05) is 34.8 Å². The summed E-state index contributed by atoms with van der Waals surface area (Å²) >= 11 is 16.7. The predicted molar refractivity (Wildman–Crippen MR) is 57.8 cm³/mol. The number of halogens is 3. The molecular weight excluding hydrogens is 298 g/mol. The lowest BCUT2D eigenvalue weighted by molar-refractivity contribution is -0.188. The van der Waals surface area contributed by atoms with Crippen LogP contribution >= 0.6 is 34.8 Å². The Labute approximate surface area is 112 Å². The fraction of sp³-hybridized carbons (Fsp3) is 1.00. The molecule has 0 unspecified atom stereocenters. The fourth-order valence-electron chi connectivity index (χ4n) is 1.79. The van der Waals surface area contributed by atoms with Crippen molar-refractivity contribution in [2.45, 2.75) is 40.8 Å². The van der Waals surface area contributed by atoms with Crippen LogP contribution in [0.2, 0.25) is 0 Å². The first-order chi connectivity index (χ1) is 7.84. The van der Waals surface area contributed by atoms with Crippen molar-refractivity contribution in [2.75, 3.05) is 6.61 Å². The average Bonchev–Trinajstić information content (AvgIpc) is 2.77. The standard InChI is InChI=1S/C8H11Cl3O6/c9-8(10,11)7-16-5-3(14)4(2(13)1-12)15-6(5)17-7/h2-7,12-14H,1H2/t2-,3+,4+,5-,6-,7-/m1/s1. The minimum absolute atomic E-state index is 0.547. The monoisotopic (exact) mass is 308 g/mol. The van der Waals surface area contributed by atoms with Gasteiger partial charge in [0.05, 0.1) is 6.61 Å². The summed E-state index contributed by atoms with van der Waals surface area (Å²) in [6, 6.07) is 0. The Kier molecular flexibility index (Phi) is 4.10. The molecule has 2 saturated heterocycles. The van der Waals surface area contributed by atoms with E-state index in [0.717, 1.165) is 0 Å². The smallest absolute Gasteiger partial charge is 0.241 e. The van der Waals surface area contributed by atoms with Crippen LogP contribution in [-0.4, -0.2) is 62.7 Å². The zero-order chi connectivity index (χ0) is 12.8. The molecular formula is C8H11Cl3O6. The minimum atomic E-state index is -1.79. The molecule has 0 aromatic carbocycles. The normalized spacial score (nSPS) is 43.8. The zero-order valence-electron chi connectivity index (χ0n) is 8.37. The topological polar surface area (TPSA) is 88.4 Å². The van der Waals surface area contributed by atoms with Crippen molar-refractivity contribution < 1.29 is 29.5 Å². The third-order valence-corrected chi connectivity index (χ3v) is 3.14. The van der Waals surface area contributed by atoms with Gasteiger partial charge in [0, 0.05) is 0 Å². The molecule has 100 valence electrons. The highest BCUT2D eigenvalue weighted by Crippen LogP contribution is 2.42. The summed E-state index contributed by atoms with van der Waals surface area (Å²) in [5.74, 6) is 0. The summed E-state index contributed by atoms with van der Waals surface area (Å²) in [4.78, 5) is 0. The number of aliphatic hydroxyl groups is 3. The van der Waals surface area contributed by atoms with Crippen LogP contribution in [0, 0.1) is 0 Å². The van der Waals surface area contributed by atoms with Crippen molar-refractivity contribution in [3.63, 3.8) is 0 Å². The van der Waals surface area contributed by atoms with Crippen LogP contribution in [0.1, 0.15) is 0 Å². The van der Waals surface area contributed by atoms with Crippen LogP contribution in [0.5, 0.6) is 0 Å². The van der Waals surface area contributed by atoms with Gasteiger partial charge in [0.25, 0.3) is 0 Å².